The molecule has 1 saturated carbocycles. The fraction of sp³-hybridized carbons (Fsp3) is 0.500. The number of methoxy groups -OCH3 is 1. The first-order valence-electron chi connectivity index (χ1n) is 6.39. The van der Waals surface area contributed by atoms with E-state index in [1.54, 1.807) is 7.11 Å². The van der Waals surface area contributed by atoms with Gasteiger partial charge in [-0.3, -0.25) is 4.79 Å². The molecule has 1 aromatic carbocycles. The van der Waals surface area contributed by atoms with Gasteiger partial charge in [-0.1, -0.05) is 28.1 Å². The van der Waals surface area contributed by atoms with Crippen LogP contribution in [0.2, 0.25) is 0 Å². The molecule has 1 aliphatic carbocycles. The molecule has 19 heavy (non-hydrogen) atoms. The average Bonchev–Trinajstić information content (AvgIpc) is 3.17. The molecular formula is C14H19BrN2O2. The zero-order valence-electron chi connectivity index (χ0n) is 11.0. The molecule has 1 fully saturated rings. The number of carbonyl (C=O) groups is 1. The Hall–Kier alpha value is -0.910. The molecule has 0 aromatic heterocycles. The predicted molar refractivity (Wildman–Crippen MR) is 77.7 cm³/mol. The van der Waals surface area contributed by atoms with Gasteiger partial charge in [-0.15, -0.1) is 0 Å². The first-order chi connectivity index (χ1) is 9.09. The minimum atomic E-state index is -0.210. The van der Waals surface area contributed by atoms with Crippen LogP contribution in [0.4, 0.5) is 0 Å². The molecule has 1 amide bonds. The van der Waals surface area contributed by atoms with Crippen molar-refractivity contribution in [3.8, 4) is 0 Å². The second-order valence-corrected chi connectivity index (χ2v) is 5.85. The molecule has 3 N–H and O–H groups in total. The van der Waals surface area contributed by atoms with Gasteiger partial charge in [0, 0.05) is 18.1 Å². The molecule has 0 spiro atoms. The number of nitrogens with one attached hydrogen (secondary N) is 1. The highest BCUT2D eigenvalue weighted by molar-refractivity contribution is 9.10. The van der Waals surface area contributed by atoms with E-state index in [2.05, 4.69) is 33.4 Å². The Bertz CT molecular complexity index is 457. The third-order valence-electron chi connectivity index (χ3n) is 3.52. The number of carbonyl (C=O) groups excluding carboxylic acids is 1. The van der Waals surface area contributed by atoms with Crippen molar-refractivity contribution in [1.82, 2.24) is 5.32 Å². The van der Waals surface area contributed by atoms with Crippen LogP contribution in [-0.4, -0.2) is 25.7 Å². The van der Waals surface area contributed by atoms with Crippen molar-refractivity contribution in [2.45, 2.75) is 30.9 Å². The van der Waals surface area contributed by atoms with Gasteiger partial charge < -0.3 is 15.8 Å². The fourth-order valence-corrected chi connectivity index (χ4v) is 2.58. The van der Waals surface area contributed by atoms with Gasteiger partial charge in [0.05, 0.1) is 18.1 Å². The minimum Gasteiger partial charge on any atom is -0.380 e. The summed E-state index contributed by atoms with van der Waals surface area (Å²) in [7, 11) is 1.58. The number of rotatable bonds is 6. The molecule has 1 aromatic rings. The van der Waals surface area contributed by atoms with Crippen LogP contribution in [0.5, 0.6) is 0 Å². The molecule has 0 heterocycles. The van der Waals surface area contributed by atoms with Crippen molar-refractivity contribution < 1.29 is 9.53 Å². The first kappa shape index (κ1) is 14.5. The highest BCUT2D eigenvalue weighted by Gasteiger charge is 2.45. The number of ether oxygens (including phenoxy) is 1. The molecule has 2 rings (SSSR count). The summed E-state index contributed by atoms with van der Waals surface area (Å²) >= 11 is 3.46. The minimum absolute atomic E-state index is 0.00484. The molecule has 0 bridgehead atoms. The quantitative estimate of drug-likeness (QED) is 0.839. The first-order valence-corrected chi connectivity index (χ1v) is 7.19. The summed E-state index contributed by atoms with van der Waals surface area (Å²) in [6, 6.07) is 8.08. The van der Waals surface area contributed by atoms with Gasteiger partial charge >= 0.3 is 0 Å². The summed E-state index contributed by atoms with van der Waals surface area (Å²) in [4.78, 5) is 12.0. The summed E-state index contributed by atoms with van der Waals surface area (Å²) < 4.78 is 6.17. The maximum atomic E-state index is 12.0. The van der Waals surface area contributed by atoms with E-state index in [-0.39, 0.29) is 17.6 Å². The van der Waals surface area contributed by atoms with E-state index < -0.39 is 0 Å². The second kappa shape index (κ2) is 6.03. The molecule has 1 aliphatic rings. The second-order valence-electron chi connectivity index (χ2n) is 4.94. The Morgan fingerprint density at radius 1 is 1.58 bits per heavy atom. The number of halogens is 1. The molecule has 0 radical (unpaired) electrons. The van der Waals surface area contributed by atoms with E-state index in [4.69, 9.17) is 10.5 Å². The molecule has 1 unspecified atom stereocenters. The normalized spacial score (nSPS) is 17.8. The molecule has 5 heteroatoms. The van der Waals surface area contributed by atoms with Crippen LogP contribution in [0.1, 0.15) is 24.8 Å². The maximum absolute atomic E-state index is 12.0. The Labute approximate surface area is 121 Å². The third kappa shape index (κ3) is 3.55. The van der Waals surface area contributed by atoms with Gasteiger partial charge in [0.15, 0.2) is 0 Å². The topological polar surface area (TPSA) is 64.3 Å². The van der Waals surface area contributed by atoms with Gasteiger partial charge in [-0.2, -0.15) is 0 Å². The van der Waals surface area contributed by atoms with Crippen LogP contribution >= 0.6 is 15.9 Å². The van der Waals surface area contributed by atoms with Gasteiger partial charge in [0.25, 0.3) is 0 Å². The van der Waals surface area contributed by atoms with Crippen molar-refractivity contribution >= 4 is 21.8 Å². The Morgan fingerprint density at radius 2 is 2.32 bits per heavy atom. The van der Waals surface area contributed by atoms with Crippen molar-refractivity contribution in [2.75, 3.05) is 13.7 Å². The summed E-state index contributed by atoms with van der Waals surface area (Å²) in [5.74, 6) is -0.00484. The van der Waals surface area contributed by atoms with E-state index in [1.807, 2.05) is 12.1 Å². The van der Waals surface area contributed by atoms with Crippen molar-refractivity contribution in [3.05, 3.63) is 34.3 Å². The Kier molecular flexibility index (Phi) is 4.60. The van der Waals surface area contributed by atoms with Gasteiger partial charge in [0.2, 0.25) is 5.91 Å². The molecule has 1 atom stereocenters. The zero-order chi connectivity index (χ0) is 13.9. The molecule has 0 saturated heterocycles. The summed E-state index contributed by atoms with van der Waals surface area (Å²) in [6.45, 7) is 0.355. The fourth-order valence-electron chi connectivity index (χ4n) is 2.18. The van der Waals surface area contributed by atoms with E-state index in [0.717, 1.165) is 22.9 Å². The zero-order valence-corrected chi connectivity index (χ0v) is 12.6. The third-order valence-corrected chi connectivity index (χ3v) is 4.01. The van der Waals surface area contributed by atoms with Crippen LogP contribution in [0, 0.1) is 0 Å². The summed E-state index contributed by atoms with van der Waals surface area (Å²) in [5, 5.41) is 3.11. The summed E-state index contributed by atoms with van der Waals surface area (Å²) in [5.41, 5.74) is 6.49. The lowest BCUT2D eigenvalue weighted by Crippen LogP contribution is -2.38. The van der Waals surface area contributed by atoms with E-state index >= 15 is 0 Å². The average molecular weight is 327 g/mol. The number of nitrogens with two attached hydrogens (primary N) is 1. The van der Waals surface area contributed by atoms with Crippen LogP contribution in [0.3, 0.4) is 0 Å². The van der Waals surface area contributed by atoms with E-state index in [9.17, 15) is 4.79 Å². The van der Waals surface area contributed by atoms with Gasteiger partial charge in [-0.25, -0.2) is 0 Å². The van der Waals surface area contributed by atoms with E-state index in [1.165, 1.54) is 0 Å². The van der Waals surface area contributed by atoms with E-state index in [0.29, 0.717) is 13.0 Å². The Balaban J connectivity index is 2.00. The smallest absolute Gasteiger partial charge is 0.223 e. The SMILES string of the molecule is COC(CN)CC(=O)NC1(c2cccc(Br)c2)CC1. The Morgan fingerprint density at radius 3 is 2.84 bits per heavy atom. The lowest BCUT2D eigenvalue weighted by molar-refractivity contribution is -0.124. The number of hydrogen-bond acceptors (Lipinski definition) is 3. The highest BCUT2D eigenvalue weighted by atomic mass is 79.9. The highest BCUT2D eigenvalue weighted by Crippen LogP contribution is 2.46. The van der Waals surface area contributed by atoms with Crippen LogP contribution in [-0.2, 0) is 15.1 Å². The number of amides is 1. The lowest BCUT2D eigenvalue weighted by Gasteiger charge is -2.20. The van der Waals surface area contributed by atoms with Crippen molar-refractivity contribution in [3.63, 3.8) is 0 Å². The van der Waals surface area contributed by atoms with Gasteiger partial charge in [-0.05, 0) is 30.5 Å². The van der Waals surface area contributed by atoms with Crippen LogP contribution < -0.4 is 11.1 Å². The number of benzene rings is 1. The molecular weight excluding hydrogens is 308 g/mol. The summed E-state index contributed by atoms with van der Waals surface area (Å²) in [6.07, 6.45) is 2.06. The van der Waals surface area contributed by atoms with Crippen molar-refractivity contribution in [1.29, 1.82) is 0 Å². The predicted octanol–water partition coefficient (Wildman–Crippen LogP) is 1.92. The van der Waals surface area contributed by atoms with Crippen molar-refractivity contribution in [2.24, 2.45) is 5.73 Å². The maximum Gasteiger partial charge on any atom is 0.223 e. The lowest BCUT2D eigenvalue weighted by atomic mass is 10.0. The largest absolute Gasteiger partial charge is 0.380 e. The monoisotopic (exact) mass is 326 g/mol. The van der Waals surface area contributed by atoms with Crippen LogP contribution in [0.15, 0.2) is 28.7 Å². The molecule has 0 aliphatic heterocycles. The number of hydrogen-bond donors (Lipinski definition) is 2. The molecule has 4 nitrogen and oxygen atoms in total. The van der Waals surface area contributed by atoms with Gasteiger partial charge in [0.1, 0.15) is 0 Å². The standard InChI is InChI=1S/C14H19BrN2O2/c1-19-12(9-16)8-13(18)17-14(5-6-14)10-3-2-4-11(15)7-10/h2-4,7,12H,5-6,8-9,16H2,1H3,(H,17,18). The van der Waals surface area contributed by atoms with Crippen LogP contribution in [0.25, 0.3) is 0 Å². The molecule has 104 valence electrons.